The Labute approximate surface area is 178 Å². The van der Waals surface area contributed by atoms with Crippen molar-refractivity contribution >= 4 is 47.5 Å². The van der Waals surface area contributed by atoms with Crippen LogP contribution in [0.15, 0.2) is 40.6 Å². The summed E-state index contributed by atoms with van der Waals surface area (Å²) in [6, 6.07) is 7.52. The maximum Gasteiger partial charge on any atom is 0.251 e. The maximum atomic E-state index is 12.5. The number of amides is 2. The molecular formula is C18H18B3ClN4O3. The summed E-state index contributed by atoms with van der Waals surface area (Å²) in [5.74, 6) is 0.439. The third-order valence-corrected chi connectivity index (χ3v) is 4.26. The molecule has 11 heteroatoms. The van der Waals surface area contributed by atoms with Gasteiger partial charge in [0, 0.05) is 30.3 Å². The van der Waals surface area contributed by atoms with Crippen LogP contribution >= 0.6 is 11.6 Å². The molecule has 0 aliphatic carbocycles. The highest BCUT2D eigenvalue weighted by atomic mass is 35.5. The van der Waals surface area contributed by atoms with Crippen LogP contribution in [0.2, 0.25) is 5.02 Å². The summed E-state index contributed by atoms with van der Waals surface area (Å²) in [6.07, 6.45) is 2.83. The van der Waals surface area contributed by atoms with E-state index in [0.29, 0.717) is 23.7 Å². The first-order valence-electron chi connectivity index (χ1n) is 8.70. The molecule has 0 N–H and O–H groups in total. The zero-order chi connectivity index (χ0) is 21.6. The Kier molecular flexibility index (Phi) is 7.73. The van der Waals surface area contributed by atoms with Crippen molar-refractivity contribution in [3.05, 3.63) is 58.3 Å². The van der Waals surface area contributed by atoms with Gasteiger partial charge in [0.2, 0.25) is 12.3 Å². The van der Waals surface area contributed by atoms with Gasteiger partial charge in [-0.05, 0) is 31.0 Å². The van der Waals surface area contributed by atoms with E-state index in [1.165, 1.54) is 18.0 Å². The number of carbonyl (C=O) groups is 2. The second kappa shape index (κ2) is 9.83. The molecule has 0 fully saturated rings. The van der Waals surface area contributed by atoms with Gasteiger partial charge in [0.05, 0.1) is 30.1 Å². The molecule has 1 aromatic carbocycles. The number of rotatable bonds is 9. The van der Waals surface area contributed by atoms with Crippen molar-refractivity contribution in [2.75, 3.05) is 7.05 Å². The molecular weight excluding hydrogens is 388 g/mol. The Bertz CT molecular complexity index is 881. The van der Waals surface area contributed by atoms with Crippen LogP contribution in [0.5, 0.6) is 0 Å². The van der Waals surface area contributed by atoms with E-state index in [2.05, 4.69) is 10.1 Å². The number of benzene rings is 1. The second-order valence-corrected chi connectivity index (χ2v) is 7.04. The topological polar surface area (TPSA) is 79.5 Å². The number of hydrogen-bond acceptors (Lipinski definition) is 5. The largest absolute Gasteiger partial charge is 0.341 e. The molecule has 0 bridgehead atoms. The first-order chi connectivity index (χ1) is 13.6. The first-order valence-corrected chi connectivity index (χ1v) is 9.08. The summed E-state index contributed by atoms with van der Waals surface area (Å²) in [7, 11) is 17.9. The van der Waals surface area contributed by atoms with Crippen LogP contribution in [0.4, 0.5) is 0 Å². The van der Waals surface area contributed by atoms with E-state index in [9.17, 15) is 9.59 Å². The van der Waals surface area contributed by atoms with E-state index in [1.54, 1.807) is 7.05 Å². The zero-order valence-corrected chi connectivity index (χ0v) is 17.0. The fourth-order valence-electron chi connectivity index (χ4n) is 2.44. The lowest BCUT2D eigenvalue weighted by Crippen LogP contribution is -2.47. The fourth-order valence-corrected chi connectivity index (χ4v) is 2.56. The molecule has 2 amide bonds. The molecule has 2 aromatic rings. The van der Waals surface area contributed by atoms with Gasteiger partial charge >= 0.3 is 0 Å². The summed E-state index contributed by atoms with van der Waals surface area (Å²) in [5, 5.41) is 2.70. The quantitative estimate of drug-likeness (QED) is 0.352. The van der Waals surface area contributed by atoms with Crippen molar-refractivity contribution in [1.82, 2.24) is 19.9 Å². The second-order valence-electron chi connectivity index (χ2n) is 6.60. The zero-order valence-electron chi connectivity index (χ0n) is 16.2. The predicted molar refractivity (Wildman–Crippen MR) is 111 cm³/mol. The van der Waals surface area contributed by atoms with Crippen LogP contribution in [-0.2, 0) is 29.0 Å². The standard InChI is InChI=1S/C18H18B3ClN4O3/c1-12(9-26(11-27)18(19,20)21)17(28)25(2)10-16-23-15(24-29-16)8-5-13-3-6-14(22)7-4-13/h3-4,6-7,9,11H,5,8,10H2,1-2H3/b12-9-. The lowest BCUT2D eigenvalue weighted by Gasteiger charge is -2.31. The molecule has 0 aliphatic heterocycles. The highest BCUT2D eigenvalue weighted by Crippen LogP contribution is 2.12. The molecule has 29 heavy (non-hydrogen) atoms. The van der Waals surface area contributed by atoms with Crippen molar-refractivity contribution in [3.8, 4) is 0 Å². The van der Waals surface area contributed by atoms with Gasteiger partial charge in [0.25, 0.3) is 5.91 Å². The monoisotopic (exact) mass is 406 g/mol. The fraction of sp³-hybridized carbons (Fsp3) is 0.333. The van der Waals surface area contributed by atoms with Crippen molar-refractivity contribution in [3.63, 3.8) is 0 Å². The van der Waals surface area contributed by atoms with Crippen LogP contribution in [0.25, 0.3) is 0 Å². The molecule has 1 heterocycles. The third-order valence-electron chi connectivity index (χ3n) is 4.01. The van der Waals surface area contributed by atoms with Crippen LogP contribution in [0.3, 0.4) is 0 Å². The minimum atomic E-state index is -1.91. The molecule has 144 valence electrons. The summed E-state index contributed by atoms with van der Waals surface area (Å²) in [4.78, 5) is 29.9. The molecule has 1 aromatic heterocycles. The molecule has 6 radical (unpaired) electrons. The number of likely N-dealkylation sites (N-methyl/N-ethyl adjacent to an activating group) is 1. The predicted octanol–water partition coefficient (Wildman–Crippen LogP) is 0.946. The Morgan fingerprint density at radius 1 is 1.24 bits per heavy atom. The molecule has 2 rings (SSSR count). The number of aromatic nitrogens is 2. The molecule has 0 atom stereocenters. The van der Waals surface area contributed by atoms with Crippen LogP contribution < -0.4 is 0 Å². The molecule has 7 nitrogen and oxygen atoms in total. The smallest absolute Gasteiger partial charge is 0.251 e. The number of nitrogens with zero attached hydrogens (tertiary/aromatic N) is 4. The van der Waals surface area contributed by atoms with E-state index in [4.69, 9.17) is 39.7 Å². The van der Waals surface area contributed by atoms with Crippen molar-refractivity contribution < 1.29 is 14.1 Å². The normalized spacial score (nSPS) is 11.9. The Hall–Kier alpha value is -2.48. The number of carbonyl (C=O) groups excluding carboxylic acids is 2. The summed E-state index contributed by atoms with van der Waals surface area (Å²) in [5.41, 5.74) is 1.30. The van der Waals surface area contributed by atoms with Crippen molar-refractivity contribution in [2.24, 2.45) is 0 Å². The van der Waals surface area contributed by atoms with Crippen LogP contribution in [0, 0.1) is 0 Å². The number of hydrogen-bond donors (Lipinski definition) is 0. The minimum absolute atomic E-state index is 0.0953. The highest BCUT2D eigenvalue weighted by molar-refractivity contribution is 6.59. The number of halogens is 1. The van der Waals surface area contributed by atoms with Crippen molar-refractivity contribution in [1.29, 1.82) is 0 Å². The Morgan fingerprint density at radius 2 is 1.90 bits per heavy atom. The van der Waals surface area contributed by atoms with Gasteiger partial charge in [-0.15, -0.1) is 0 Å². The highest BCUT2D eigenvalue weighted by Gasteiger charge is 2.20. The van der Waals surface area contributed by atoms with Gasteiger partial charge in [-0.3, -0.25) is 9.59 Å². The molecule has 0 saturated carbocycles. The SMILES string of the molecule is [B]C([B])([B])N(C=O)/C=C(/C)C(=O)N(C)Cc1nc(CCc2ccc(Cl)cc2)no1. The van der Waals surface area contributed by atoms with Gasteiger partial charge in [-0.25, -0.2) is 0 Å². The summed E-state index contributed by atoms with van der Waals surface area (Å²) >= 11 is 5.87. The summed E-state index contributed by atoms with van der Waals surface area (Å²) in [6.45, 7) is 1.60. The lowest BCUT2D eigenvalue weighted by molar-refractivity contribution is -0.126. The lowest BCUT2D eigenvalue weighted by atomic mass is 9.48. The molecule has 0 spiro atoms. The van der Waals surface area contributed by atoms with E-state index >= 15 is 0 Å². The van der Waals surface area contributed by atoms with Gasteiger partial charge < -0.3 is 14.3 Å². The van der Waals surface area contributed by atoms with E-state index < -0.39 is 5.24 Å². The average molecular weight is 406 g/mol. The van der Waals surface area contributed by atoms with Gasteiger partial charge in [-0.1, -0.05) is 34.1 Å². The molecule has 0 aliphatic rings. The molecule has 0 unspecified atom stereocenters. The van der Waals surface area contributed by atoms with Crippen LogP contribution in [0.1, 0.15) is 24.2 Å². The summed E-state index contributed by atoms with van der Waals surface area (Å²) < 4.78 is 5.21. The molecule has 0 saturated heterocycles. The first kappa shape index (κ1) is 22.8. The van der Waals surface area contributed by atoms with E-state index in [1.807, 2.05) is 24.3 Å². The van der Waals surface area contributed by atoms with Gasteiger partial charge in [0.1, 0.15) is 0 Å². The van der Waals surface area contributed by atoms with Gasteiger partial charge in [0.15, 0.2) is 5.82 Å². The van der Waals surface area contributed by atoms with Crippen LogP contribution in [-0.4, -0.2) is 68.1 Å². The maximum absolute atomic E-state index is 12.5. The number of aryl methyl sites for hydroxylation is 2. The minimum Gasteiger partial charge on any atom is -0.341 e. The average Bonchev–Trinajstić information content (AvgIpc) is 3.11. The van der Waals surface area contributed by atoms with Crippen molar-refractivity contribution in [2.45, 2.75) is 31.5 Å². The third kappa shape index (κ3) is 6.82. The Morgan fingerprint density at radius 3 is 2.48 bits per heavy atom. The van der Waals surface area contributed by atoms with E-state index in [0.717, 1.165) is 16.9 Å². The Balaban J connectivity index is 1.94. The van der Waals surface area contributed by atoms with E-state index in [-0.39, 0.29) is 23.9 Å². The van der Waals surface area contributed by atoms with Gasteiger partial charge in [-0.2, -0.15) is 4.98 Å².